The number of rotatable bonds is 0. The van der Waals surface area contributed by atoms with Crippen molar-refractivity contribution in [2.24, 2.45) is 0 Å². The molecule has 3 rings (SSSR count). The Bertz CT molecular complexity index is 632. The largest absolute Gasteiger partial charge is 0.256 e. The van der Waals surface area contributed by atoms with Gasteiger partial charge in [0.25, 0.3) is 0 Å². The molecule has 0 fully saturated rings. The van der Waals surface area contributed by atoms with E-state index in [0.717, 1.165) is 17.5 Å². The van der Waals surface area contributed by atoms with E-state index in [-0.39, 0.29) is 5.39 Å². The van der Waals surface area contributed by atoms with Gasteiger partial charge in [-0.05, 0) is 30.3 Å². The Morgan fingerprint density at radius 2 is 1.56 bits per heavy atom. The minimum absolute atomic E-state index is 0.270. The smallest absolute Gasteiger partial charge is 0.131 e. The summed E-state index contributed by atoms with van der Waals surface area (Å²) in [5, 5.41) is 1.37. The number of halogens is 2. The molecule has 16 heavy (non-hydrogen) atoms. The SMILES string of the molecule is Fc1ccc(F)c2cc3ncccc3cc12. The standard InChI is InChI=1S/C13H7F2N/c14-11-3-4-12(15)10-7-13-8(6-9(10)11)2-1-5-16-13/h1-7H. The third kappa shape index (κ3) is 1.25. The van der Waals surface area contributed by atoms with Crippen molar-refractivity contribution in [2.45, 2.75) is 0 Å². The third-order valence-corrected chi connectivity index (χ3v) is 2.63. The average molecular weight is 215 g/mol. The fraction of sp³-hybridized carbons (Fsp3) is 0. The van der Waals surface area contributed by atoms with Crippen LogP contribution in [0.25, 0.3) is 21.7 Å². The lowest BCUT2D eigenvalue weighted by atomic mass is 10.1. The topological polar surface area (TPSA) is 12.9 Å². The Morgan fingerprint density at radius 3 is 2.31 bits per heavy atom. The van der Waals surface area contributed by atoms with Crippen LogP contribution in [-0.2, 0) is 0 Å². The predicted octanol–water partition coefficient (Wildman–Crippen LogP) is 3.67. The van der Waals surface area contributed by atoms with Crippen molar-refractivity contribution >= 4 is 21.7 Å². The van der Waals surface area contributed by atoms with Crippen LogP contribution in [0.2, 0.25) is 0 Å². The molecule has 0 aliphatic rings. The number of hydrogen-bond donors (Lipinski definition) is 0. The van der Waals surface area contributed by atoms with Gasteiger partial charge in [-0.2, -0.15) is 0 Å². The number of benzene rings is 2. The first-order valence-corrected chi connectivity index (χ1v) is 4.88. The number of fused-ring (bicyclic) bond motifs is 2. The van der Waals surface area contributed by atoms with Crippen molar-refractivity contribution in [3.63, 3.8) is 0 Å². The highest BCUT2D eigenvalue weighted by molar-refractivity contribution is 5.96. The zero-order valence-corrected chi connectivity index (χ0v) is 8.24. The third-order valence-electron chi connectivity index (χ3n) is 2.63. The van der Waals surface area contributed by atoms with Crippen molar-refractivity contribution in [3.8, 4) is 0 Å². The first-order valence-electron chi connectivity index (χ1n) is 4.88. The molecule has 0 amide bonds. The molecule has 78 valence electrons. The van der Waals surface area contributed by atoms with Gasteiger partial charge in [-0.15, -0.1) is 0 Å². The van der Waals surface area contributed by atoms with Crippen molar-refractivity contribution in [1.29, 1.82) is 0 Å². The number of pyridine rings is 1. The predicted molar refractivity (Wildman–Crippen MR) is 59.2 cm³/mol. The van der Waals surface area contributed by atoms with Crippen LogP contribution in [0.15, 0.2) is 42.6 Å². The lowest BCUT2D eigenvalue weighted by Gasteiger charge is -2.03. The summed E-state index contributed by atoms with van der Waals surface area (Å²) < 4.78 is 27.0. The average Bonchev–Trinajstić information content (AvgIpc) is 2.32. The van der Waals surface area contributed by atoms with Gasteiger partial charge in [-0.1, -0.05) is 6.07 Å². The summed E-state index contributed by atoms with van der Waals surface area (Å²) in [4.78, 5) is 4.11. The summed E-state index contributed by atoms with van der Waals surface area (Å²) in [5.41, 5.74) is 0.666. The normalized spacial score (nSPS) is 11.1. The minimum Gasteiger partial charge on any atom is -0.256 e. The second-order valence-electron chi connectivity index (χ2n) is 3.62. The van der Waals surface area contributed by atoms with Crippen molar-refractivity contribution in [2.75, 3.05) is 0 Å². The van der Waals surface area contributed by atoms with E-state index in [4.69, 9.17) is 0 Å². The first kappa shape index (κ1) is 9.21. The molecule has 0 aliphatic carbocycles. The molecule has 0 saturated heterocycles. The molecule has 0 N–H and O–H groups in total. The van der Waals surface area contributed by atoms with E-state index in [1.807, 2.05) is 6.07 Å². The number of hydrogen-bond acceptors (Lipinski definition) is 1. The Balaban J connectivity index is 2.56. The van der Waals surface area contributed by atoms with Gasteiger partial charge in [0.2, 0.25) is 0 Å². The molecule has 0 spiro atoms. The van der Waals surface area contributed by atoms with Gasteiger partial charge in [0.1, 0.15) is 11.6 Å². The molecule has 0 saturated carbocycles. The van der Waals surface area contributed by atoms with Crippen LogP contribution in [0, 0.1) is 11.6 Å². The number of nitrogens with zero attached hydrogens (tertiary/aromatic N) is 1. The zero-order valence-electron chi connectivity index (χ0n) is 8.24. The summed E-state index contributed by atoms with van der Waals surface area (Å²) in [6.07, 6.45) is 1.63. The van der Waals surface area contributed by atoms with Crippen LogP contribution in [0.4, 0.5) is 8.78 Å². The van der Waals surface area contributed by atoms with Gasteiger partial charge >= 0.3 is 0 Å². The Labute approximate surface area is 90.3 Å². The summed E-state index contributed by atoms with van der Waals surface area (Å²) in [5.74, 6) is -0.842. The van der Waals surface area contributed by atoms with Crippen LogP contribution in [-0.4, -0.2) is 4.98 Å². The molecule has 0 atom stereocenters. The molecule has 0 aliphatic heterocycles. The second kappa shape index (κ2) is 3.23. The van der Waals surface area contributed by atoms with E-state index in [1.54, 1.807) is 24.4 Å². The van der Waals surface area contributed by atoms with E-state index in [0.29, 0.717) is 10.9 Å². The highest BCUT2D eigenvalue weighted by Crippen LogP contribution is 2.25. The van der Waals surface area contributed by atoms with E-state index >= 15 is 0 Å². The first-order chi connectivity index (χ1) is 7.75. The molecule has 1 heterocycles. The van der Waals surface area contributed by atoms with Crippen molar-refractivity contribution in [3.05, 3.63) is 54.2 Å². The molecule has 0 bridgehead atoms. The van der Waals surface area contributed by atoms with Crippen LogP contribution in [0.1, 0.15) is 0 Å². The summed E-state index contributed by atoms with van der Waals surface area (Å²) in [6.45, 7) is 0. The van der Waals surface area contributed by atoms with E-state index in [2.05, 4.69) is 4.98 Å². The maximum atomic E-state index is 13.5. The molecular formula is C13H7F2N. The lowest BCUT2D eigenvalue weighted by molar-refractivity contribution is 0.618. The molecule has 1 aromatic heterocycles. The highest BCUT2D eigenvalue weighted by atomic mass is 19.1. The maximum Gasteiger partial charge on any atom is 0.131 e. The Hall–Kier alpha value is -2.03. The summed E-state index contributed by atoms with van der Waals surface area (Å²) in [6, 6.07) is 9.06. The fourth-order valence-electron chi connectivity index (χ4n) is 1.84. The minimum atomic E-state index is -0.427. The molecular weight excluding hydrogens is 208 g/mol. The van der Waals surface area contributed by atoms with Gasteiger partial charge in [0.15, 0.2) is 0 Å². The second-order valence-corrected chi connectivity index (χ2v) is 3.62. The van der Waals surface area contributed by atoms with E-state index in [9.17, 15) is 8.78 Å². The van der Waals surface area contributed by atoms with Gasteiger partial charge in [-0.3, -0.25) is 4.98 Å². The quantitative estimate of drug-likeness (QED) is 0.521. The molecule has 3 heteroatoms. The van der Waals surface area contributed by atoms with Crippen LogP contribution in [0.5, 0.6) is 0 Å². The van der Waals surface area contributed by atoms with Crippen molar-refractivity contribution in [1.82, 2.24) is 4.98 Å². The molecule has 1 nitrogen and oxygen atoms in total. The van der Waals surface area contributed by atoms with Gasteiger partial charge < -0.3 is 0 Å². The van der Waals surface area contributed by atoms with Gasteiger partial charge in [0.05, 0.1) is 5.52 Å². The molecule has 2 aromatic carbocycles. The molecule has 3 aromatic rings. The Morgan fingerprint density at radius 1 is 0.875 bits per heavy atom. The van der Waals surface area contributed by atoms with Crippen LogP contribution < -0.4 is 0 Å². The fourth-order valence-corrected chi connectivity index (χ4v) is 1.84. The molecule has 0 radical (unpaired) electrons. The lowest BCUT2D eigenvalue weighted by Crippen LogP contribution is -1.86. The summed E-state index contributed by atoms with van der Waals surface area (Å²) in [7, 11) is 0. The zero-order chi connectivity index (χ0) is 11.1. The van der Waals surface area contributed by atoms with E-state index < -0.39 is 11.6 Å². The molecule has 0 unspecified atom stereocenters. The van der Waals surface area contributed by atoms with Gasteiger partial charge in [0, 0.05) is 22.4 Å². The van der Waals surface area contributed by atoms with Crippen LogP contribution in [0.3, 0.4) is 0 Å². The number of aromatic nitrogens is 1. The maximum absolute atomic E-state index is 13.5. The monoisotopic (exact) mass is 215 g/mol. The van der Waals surface area contributed by atoms with Gasteiger partial charge in [-0.25, -0.2) is 8.78 Å². The van der Waals surface area contributed by atoms with Crippen LogP contribution >= 0.6 is 0 Å². The Kier molecular flexibility index (Phi) is 1.86. The van der Waals surface area contributed by atoms with E-state index in [1.165, 1.54) is 0 Å². The summed E-state index contributed by atoms with van der Waals surface area (Å²) >= 11 is 0. The highest BCUT2D eigenvalue weighted by Gasteiger charge is 2.07. The van der Waals surface area contributed by atoms with Crippen molar-refractivity contribution < 1.29 is 8.78 Å².